The molecule has 35 heavy (non-hydrogen) atoms. The summed E-state index contributed by atoms with van der Waals surface area (Å²) in [5.41, 5.74) is 0.141. The maximum atomic E-state index is 13.9. The summed E-state index contributed by atoms with van der Waals surface area (Å²) in [6.07, 6.45) is 1.48. The van der Waals surface area contributed by atoms with Crippen molar-refractivity contribution in [2.45, 2.75) is 17.5 Å². The van der Waals surface area contributed by atoms with E-state index >= 15 is 0 Å². The third-order valence-electron chi connectivity index (χ3n) is 5.35. The molecule has 0 amide bonds. The molecule has 0 unspecified atom stereocenters. The molecule has 0 radical (unpaired) electrons. The zero-order valence-corrected chi connectivity index (χ0v) is 20.7. The highest BCUT2D eigenvalue weighted by Crippen LogP contribution is 2.26. The Morgan fingerprint density at radius 1 is 1.17 bits per heavy atom. The summed E-state index contributed by atoms with van der Waals surface area (Å²) in [6, 6.07) is 5.26. The Bertz CT molecular complexity index is 1280. The first-order valence-corrected chi connectivity index (χ1v) is 13.0. The largest absolute Gasteiger partial charge is 0.481 e. The number of anilines is 1. The van der Waals surface area contributed by atoms with E-state index in [2.05, 4.69) is 29.7 Å². The van der Waals surface area contributed by atoms with Gasteiger partial charge in [0.15, 0.2) is 16.8 Å². The van der Waals surface area contributed by atoms with E-state index in [1.807, 2.05) is 7.05 Å². The van der Waals surface area contributed by atoms with E-state index in [0.717, 1.165) is 23.7 Å². The van der Waals surface area contributed by atoms with Crippen LogP contribution < -0.4 is 9.46 Å². The maximum absolute atomic E-state index is 13.9. The van der Waals surface area contributed by atoms with Gasteiger partial charge in [0.1, 0.15) is 18.0 Å². The van der Waals surface area contributed by atoms with Gasteiger partial charge in [-0.3, -0.25) is 14.3 Å². The Morgan fingerprint density at radius 3 is 2.63 bits per heavy atom. The molecule has 1 aromatic carbocycles. The predicted octanol–water partition coefficient (Wildman–Crippen LogP) is 1.66. The van der Waals surface area contributed by atoms with Crippen LogP contribution in [0.25, 0.3) is 0 Å². The van der Waals surface area contributed by atoms with Gasteiger partial charge in [-0.25, -0.2) is 18.7 Å². The zero-order chi connectivity index (χ0) is 25.0. The number of rotatable bonds is 9. The minimum Gasteiger partial charge on any atom is -0.481 e. The molecule has 0 spiro atoms. The number of thioether (sulfide) groups is 1. The number of aromatic nitrogens is 5. The molecule has 188 valence electrons. The molecule has 3 aromatic rings. The van der Waals surface area contributed by atoms with Crippen molar-refractivity contribution >= 4 is 27.8 Å². The molecule has 11 nitrogen and oxygen atoms in total. The second-order valence-corrected chi connectivity index (χ2v) is 10.3. The van der Waals surface area contributed by atoms with Crippen LogP contribution >= 0.6 is 11.8 Å². The van der Waals surface area contributed by atoms with Gasteiger partial charge in [-0.2, -0.15) is 22.8 Å². The number of ether oxygens (including phenoxy) is 1. The van der Waals surface area contributed by atoms with Gasteiger partial charge in [-0.05, 0) is 6.07 Å². The van der Waals surface area contributed by atoms with Gasteiger partial charge in [0.25, 0.3) is 0 Å². The minimum absolute atomic E-state index is 0.0144. The van der Waals surface area contributed by atoms with Crippen molar-refractivity contribution < 1.29 is 21.9 Å². The lowest BCUT2D eigenvalue weighted by Crippen LogP contribution is -2.50. The van der Waals surface area contributed by atoms with E-state index in [-0.39, 0.29) is 41.3 Å². The number of nitrogens with zero attached hydrogens (tertiary/aromatic N) is 7. The highest BCUT2D eigenvalue weighted by atomic mass is 32.2. The van der Waals surface area contributed by atoms with Crippen LogP contribution in [0.4, 0.5) is 14.6 Å². The van der Waals surface area contributed by atoms with Crippen molar-refractivity contribution in [2.24, 2.45) is 7.05 Å². The number of nitrogens with one attached hydrogen (secondary N) is 1. The fourth-order valence-electron chi connectivity index (χ4n) is 3.42. The van der Waals surface area contributed by atoms with Crippen LogP contribution in [0.5, 0.6) is 5.88 Å². The van der Waals surface area contributed by atoms with Crippen molar-refractivity contribution in [1.29, 1.82) is 0 Å². The lowest BCUT2D eigenvalue weighted by molar-refractivity contribution is 0.177. The van der Waals surface area contributed by atoms with Gasteiger partial charge < -0.3 is 4.74 Å². The second kappa shape index (κ2) is 10.8. The summed E-state index contributed by atoms with van der Waals surface area (Å²) in [4.78, 5) is 14.7. The number of halogens is 2. The van der Waals surface area contributed by atoms with E-state index in [4.69, 9.17) is 4.74 Å². The number of benzene rings is 1. The monoisotopic (exact) mass is 526 g/mol. The van der Waals surface area contributed by atoms with Crippen LogP contribution in [0.3, 0.4) is 0 Å². The van der Waals surface area contributed by atoms with Gasteiger partial charge in [-0.1, -0.05) is 23.9 Å². The summed E-state index contributed by atoms with van der Waals surface area (Å²) in [7, 11) is -0.696. The highest BCUT2D eigenvalue weighted by Gasteiger charge is 2.28. The third kappa shape index (κ3) is 6.22. The molecule has 3 heterocycles. The molecule has 1 aliphatic heterocycles. The summed E-state index contributed by atoms with van der Waals surface area (Å²) >= 11 is 1.03. The molecular formula is C20H24F2N8O3S2. The number of methoxy groups -OCH3 is 1. The van der Waals surface area contributed by atoms with Crippen LogP contribution in [0, 0.1) is 11.6 Å². The van der Waals surface area contributed by atoms with Crippen molar-refractivity contribution in [3.8, 4) is 5.88 Å². The van der Waals surface area contributed by atoms with Gasteiger partial charge in [-0.15, -0.1) is 0 Å². The standard InChI is InChI=1S/C20H24F2N8O3S2/c1-28-17(23-13-24-28)11-29-6-8-30(9-7-29)35(31,32)27-16-10-18(33-2)26-20(25-16)34-12-14-4-3-5-15(21)19(14)22/h3-5,10,13H,6-9,11-12H2,1-2H3,(H,25,26,27). The molecule has 1 aliphatic rings. The lowest BCUT2D eigenvalue weighted by atomic mass is 10.2. The average Bonchev–Trinajstić information content (AvgIpc) is 3.24. The molecule has 1 N–H and O–H groups in total. The first-order chi connectivity index (χ1) is 16.7. The third-order valence-corrected chi connectivity index (χ3v) is 7.76. The molecule has 0 bridgehead atoms. The summed E-state index contributed by atoms with van der Waals surface area (Å²) in [5, 5.41) is 4.20. The Labute approximate surface area is 205 Å². The lowest BCUT2D eigenvalue weighted by Gasteiger charge is -2.33. The quantitative estimate of drug-likeness (QED) is 0.328. The van der Waals surface area contributed by atoms with Crippen molar-refractivity contribution in [1.82, 2.24) is 33.9 Å². The Balaban J connectivity index is 1.40. The van der Waals surface area contributed by atoms with Crippen LogP contribution in [0.15, 0.2) is 35.7 Å². The Morgan fingerprint density at radius 2 is 1.94 bits per heavy atom. The van der Waals surface area contributed by atoms with Gasteiger partial charge >= 0.3 is 10.2 Å². The SMILES string of the molecule is COc1cc(NS(=O)(=O)N2CCN(Cc3ncnn3C)CC2)nc(SCc2cccc(F)c2F)n1. The second-order valence-electron chi connectivity index (χ2n) is 7.66. The van der Waals surface area contributed by atoms with E-state index in [1.165, 1.54) is 35.9 Å². The number of hydrogen-bond donors (Lipinski definition) is 1. The van der Waals surface area contributed by atoms with Crippen LogP contribution in [0.1, 0.15) is 11.4 Å². The molecular weight excluding hydrogens is 502 g/mol. The number of aryl methyl sites for hydroxylation is 1. The Kier molecular flexibility index (Phi) is 7.78. The van der Waals surface area contributed by atoms with Crippen molar-refractivity contribution in [2.75, 3.05) is 38.0 Å². The zero-order valence-electron chi connectivity index (χ0n) is 19.1. The number of hydrogen-bond acceptors (Lipinski definition) is 9. The molecule has 0 aliphatic carbocycles. The average molecular weight is 527 g/mol. The van der Waals surface area contributed by atoms with Crippen molar-refractivity contribution in [3.05, 3.63) is 53.6 Å². The first kappa shape index (κ1) is 25.2. The van der Waals surface area contributed by atoms with E-state index < -0.39 is 21.8 Å². The summed E-state index contributed by atoms with van der Waals surface area (Å²) < 4.78 is 64.0. The fraction of sp³-hybridized carbons (Fsp3) is 0.400. The van der Waals surface area contributed by atoms with Gasteiger partial charge in [0, 0.05) is 50.6 Å². The smallest absolute Gasteiger partial charge is 0.302 e. The predicted molar refractivity (Wildman–Crippen MR) is 125 cm³/mol. The minimum atomic E-state index is -3.89. The molecule has 4 rings (SSSR count). The normalized spacial score (nSPS) is 15.3. The van der Waals surface area contributed by atoms with Crippen LogP contribution in [-0.4, -0.2) is 75.6 Å². The van der Waals surface area contributed by atoms with E-state index in [1.54, 1.807) is 4.68 Å². The maximum Gasteiger partial charge on any atom is 0.302 e. The van der Waals surface area contributed by atoms with Crippen molar-refractivity contribution in [3.63, 3.8) is 0 Å². The molecule has 1 saturated heterocycles. The molecule has 0 saturated carbocycles. The molecule has 1 fully saturated rings. The van der Waals surface area contributed by atoms with Gasteiger partial charge in [0.05, 0.1) is 13.7 Å². The van der Waals surface area contributed by atoms with E-state index in [9.17, 15) is 17.2 Å². The summed E-state index contributed by atoms with van der Waals surface area (Å²) in [6.45, 7) is 2.21. The van der Waals surface area contributed by atoms with E-state index in [0.29, 0.717) is 19.6 Å². The molecule has 2 aromatic heterocycles. The van der Waals surface area contributed by atoms with Gasteiger partial charge in [0.2, 0.25) is 5.88 Å². The van der Waals surface area contributed by atoms with Crippen LogP contribution in [-0.2, 0) is 29.6 Å². The summed E-state index contributed by atoms with van der Waals surface area (Å²) in [5.74, 6) is -0.886. The number of piperazine rings is 1. The first-order valence-electron chi connectivity index (χ1n) is 10.6. The topological polar surface area (TPSA) is 118 Å². The van der Waals surface area contributed by atoms with Crippen LogP contribution in [0.2, 0.25) is 0 Å². The molecule has 0 atom stereocenters. The molecule has 15 heteroatoms. The highest BCUT2D eigenvalue weighted by molar-refractivity contribution is 7.98. The Hall–Kier alpha value is -2.88. The fourth-order valence-corrected chi connectivity index (χ4v) is 5.38.